The number of carbonyl (C=O) groups excluding carboxylic acids is 1. The van der Waals surface area contributed by atoms with Crippen LogP contribution in [0.1, 0.15) is 46.0 Å². The molecule has 0 aromatic rings. The zero-order chi connectivity index (χ0) is 11.8. The third-order valence-electron chi connectivity index (χ3n) is 3.19. The Kier molecular flexibility index (Phi) is 6.46. The first-order chi connectivity index (χ1) is 7.76. The molecule has 1 fully saturated rings. The van der Waals surface area contributed by atoms with E-state index in [1.807, 2.05) is 6.92 Å². The maximum atomic E-state index is 11.4. The smallest absolute Gasteiger partial charge is 0.320 e. The molecule has 0 aromatic carbocycles. The fraction of sp³-hybridized carbons (Fsp3) is 0.923. The van der Waals surface area contributed by atoms with Gasteiger partial charge in [-0.3, -0.25) is 9.69 Å². The molecule has 0 aromatic heterocycles. The first kappa shape index (κ1) is 13.5. The van der Waals surface area contributed by atoms with Gasteiger partial charge in [0.05, 0.1) is 13.2 Å². The van der Waals surface area contributed by atoms with Gasteiger partial charge in [0.2, 0.25) is 0 Å². The summed E-state index contributed by atoms with van der Waals surface area (Å²) in [5.74, 6) is 0.731. The van der Waals surface area contributed by atoms with Gasteiger partial charge >= 0.3 is 5.97 Å². The number of esters is 1. The van der Waals surface area contributed by atoms with E-state index in [4.69, 9.17) is 4.74 Å². The first-order valence-corrected chi connectivity index (χ1v) is 6.64. The molecule has 1 aliphatic carbocycles. The van der Waals surface area contributed by atoms with Gasteiger partial charge in [-0.15, -0.1) is 0 Å². The van der Waals surface area contributed by atoms with E-state index in [1.54, 1.807) is 0 Å². The molecule has 0 amide bonds. The molecule has 0 atom stereocenters. The maximum absolute atomic E-state index is 11.4. The van der Waals surface area contributed by atoms with Gasteiger partial charge in [-0.25, -0.2) is 0 Å². The van der Waals surface area contributed by atoms with E-state index in [-0.39, 0.29) is 5.97 Å². The van der Waals surface area contributed by atoms with Crippen LogP contribution in [-0.2, 0) is 9.53 Å². The average Bonchev–Trinajstić information content (AvgIpc) is 2.71. The van der Waals surface area contributed by atoms with E-state index in [2.05, 4.69) is 11.8 Å². The summed E-state index contributed by atoms with van der Waals surface area (Å²) in [6.45, 7) is 7.06. The minimum Gasteiger partial charge on any atom is -0.465 e. The van der Waals surface area contributed by atoms with Crippen LogP contribution in [0.25, 0.3) is 0 Å². The summed E-state index contributed by atoms with van der Waals surface area (Å²) in [5, 5.41) is 0. The highest BCUT2D eigenvalue weighted by Crippen LogP contribution is 2.25. The van der Waals surface area contributed by atoms with Gasteiger partial charge in [-0.2, -0.15) is 0 Å². The van der Waals surface area contributed by atoms with Crippen LogP contribution >= 0.6 is 0 Å². The quantitative estimate of drug-likeness (QED) is 0.626. The van der Waals surface area contributed by atoms with Crippen LogP contribution in [0.4, 0.5) is 0 Å². The molecule has 0 radical (unpaired) electrons. The van der Waals surface area contributed by atoms with Crippen LogP contribution in [0.15, 0.2) is 0 Å². The SMILES string of the molecule is CCCN(CC(=O)OCC)CC1CCCC1. The standard InChI is InChI=1S/C13H25NO2/c1-3-9-14(11-13(15)16-4-2)10-12-7-5-6-8-12/h12H,3-11H2,1-2H3. The monoisotopic (exact) mass is 227 g/mol. The van der Waals surface area contributed by atoms with Gasteiger partial charge in [0, 0.05) is 6.54 Å². The average molecular weight is 227 g/mol. The highest BCUT2D eigenvalue weighted by Gasteiger charge is 2.19. The van der Waals surface area contributed by atoms with Crippen molar-refractivity contribution in [2.45, 2.75) is 46.0 Å². The normalized spacial score (nSPS) is 16.9. The molecular weight excluding hydrogens is 202 g/mol. The predicted octanol–water partition coefficient (Wildman–Crippen LogP) is 2.45. The number of carbonyl (C=O) groups is 1. The van der Waals surface area contributed by atoms with E-state index < -0.39 is 0 Å². The van der Waals surface area contributed by atoms with Crippen molar-refractivity contribution in [1.82, 2.24) is 4.90 Å². The van der Waals surface area contributed by atoms with Gasteiger partial charge in [-0.05, 0) is 38.6 Å². The lowest BCUT2D eigenvalue weighted by Crippen LogP contribution is -2.35. The van der Waals surface area contributed by atoms with Crippen molar-refractivity contribution in [1.29, 1.82) is 0 Å². The van der Waals surface area contributed by atoms with E-state index in [9.17, 15) is 4.79 Å². The Morgan fingerprint density at radius 1 is 1.31 bits per heavy atom. The molecule has 1 aliphatic rings. The van der Waals surface area contributed by atoms with Crippen LogP contribution in [0.5, 0.6) is 0 Å². The van der Waals surface area contributed by atoms with Gasteiger partial charge in [0.25, 0.3) is 0 Å². The van der Waals surface area contributed by atoms with Gasteiger partial charge < -0.3 is 4.74 Å². The lowest BCUT2D eigenvalue weighted by atomic mass is 10.1. The Hall–Kier alpha value is -0.570. The maximum Gasteiger partial charge on any atom is 0.320 e. The van der Waals surface area contributed by atoms with Crippen LogP contribution in [0.2, 0.25) is 0 Å². The molecule has 3 nitrogen and oxygen atoms in total. The molecule has 0 spiro atoms. The second-order valence-electron chi connectivity index (χ2n) is 4.69. The third kappa shape index (κ3) is 4.97. The highest BCUT2D eigenvalue weighted by atomic mass is 16.5. The van der Waals surface area contributed by atoms with Crippen molar-refractivity contribution in [3.8, 4) is 0 Å². The Bertz CT molecular complexity index is 200. The second-order valence-corrected chi connectivity index (χ2v) is 4.69. The summed E-state index contributed by atoms with van der Waals surface area (Å²) in [7, 11) is 0. The first-order valence-electron chi connectivity index (χ1n) is 6.64. The number of hydrogen-bond donors (Lipinski definition) is 0. The van der Waals surface area contributed by atoms with E-state index in [1.165, 1.54) is 25.7 Å². The molecule has 0 heterocycles. The molecule has 0 N–H and O–H groups in total. The highest BCUT2D eigenvalue weighted by molar-refractivity contribution is 5.71. The third-order valence-corrected chi connectivity index (χ3v) is 3.19. The minimum atomic E-state index is -0.0750. The van der Waals surface area contributed by atoms with Gasteiger partial charge in [0.1, 0.15) is 0 Å². The Morgan fingerprint density at radius 3 is 2.56 bits per heavy atom. The number of nitrogens with zero attached hydrogens (tertiary/aromatic N) is 1. The van der Waals surface area contributed by atoms with Crippen molar-refractivity contribution >= 4 is 5.97 Å². The van der Waals surface area contributed by atoms with Crippen LogP contribution in [-0.4, -0.2) is 37.1 Å². The summed E-state index contributed by atoms with van der Waals surface area (Å²) >= 11 is 0. The lowest BCUT2D eigenvalue weighted by molar-refractivity contribution is -0.144. The number of ether oxygens (including phenoxy) is 1. The Morgan fingerprint density at radius 2 is 2.00 bits per heavy atom. The zero-order valence-corrected chi connectivity index (χ0v) is 10.7. The number of hydrogen-bond acceptors (Lipinski definition) is 3. The topological polar surface area (TPSA) is 29.5 Å². The van der Waals surface area contributed by atoms with E-state index in [0.717, 1.165) is 25.4 Å². The summed E-state index contributed by atoms with van der Waals surface area (Å²) in [6, 6.07) is 0. The van der Waals surface area contributed by atoms with Crippen molar-refractivity contribution in [3.63, 3.8) is 0 Å². The Labute approximate surface area is 99.1 Å². The van der Waals surface area contributed by atoms with Crippen molar-refractivity contribution in [3.05, 3.63) is 0 Å². The largest absolute Gasteiger partial charge is 0.465 e. The fourth-order valence-corrected chi connectivity index (χ4v) is 2.50. The zero-order valence-electron chi connectivity index (χ0n) is 10.7. The van der Waals surface area contributed by atoms with Crippen molar-refractivity contribution in [2.24, 2.45) is 5.92 Å². The predicted molar refractivity (Wildman–Crippen MR) is 65.3 cm³/mol. The molecule has 0 aliphatic heterocycles. The summed E-state index contributed by atoms with van der Waals surface area (Å²) in [6.07, 6.45) is 6.51. The molecule has 0 bridgehead atoms. The summed E-state index contributed by atoms with van der Waals surface area (Å²) in [4.78, 5) is 13.7. The molecule has 1 saturated carbocycles. The van der Waals surface area contributed by atoms with E-state index in [0.29, 0.717) is 13.2 Å². The second kappa shape index (κ2) is 7.66. The van der Waals surface area contributed by atoms with Gasteiger partial charge in [0.15, 0.2) is 0 Å². The molecule has 0 saturated heterocycles. The molecule has 1 rings (SSSR count). The number of rotatable bonds is 7. The lowest BCUT2D eigenvalue weighted by Gasteiger charge is -2.23. The van der Waals surface area contributed by atoms with Crippen molar-refractivity contribution in [2.75, 3.05) is 26.2 Å². The van der Waals surface area contributed by atoms with Crippen LogP contribution in [0, 0.1) is 5.92 Å². The minimum absolute atomic E-state index is 0.0750. The van der Waals surface area contributed by atoms with E-state index >= 15 is 0 Å². The van der Waals surface area contributed by atoms with Crippen LogP contribution < -0.4 is 0 Å². The summed E-state index contributed by atoms with van der Waals surface area (Å²) in [5.41, 5.74) is 0. The Balaban J connectivity index is 2.30. The molecule has 3 heteroatoms. The fourth-order valence-electron chi connectivity index (χ4n) is 2.50. The molecule has 16 heavy (non-hydrogen) atoms. The molecule has 0 unspecified atom stereocenters. The van der Waals surface area contributed by atoms with Gasteiger partial charge in [-0.1, -0.05) is 19.8 Å². The van der Waals surface area contributed by atoms with Crippen molar-refractivity contribution < 1.29 is 9.53 Å². The molecule has 94 valence electrons. The summed E-state index contributed by atoms with van der Waals surface area (Å²) < 4.78 is 5.00. The molecular formula is C13H25NO2. The van der Waals surface area contributed by atoms with Crippen LogP contribution in [0.3, 0.4) is 0 Å².